The first-order valence-electron chi connectivity index (χ1n) is 6.12. The summed E-state index contributed by atoms with van der Waals surface area (Å²) in [7, 11) is 0. The van der Waals surface area contributed by atoms with Crippen LogP contribution in [0.5, 0.6) is 0 Å². The molecule has 0 saturated carbocycles. The van der Waals surface area contributed by atoms with Crippen molar-refractivity contribution in [2.45, 2.75) is 45.4 Å². The molecule has 1 unspecified atom stereocenters. The smallest absolute Gasteiger partial charge is 0.309 e. The summed E-state index contributed by atoms with van der Waals surface area (Å²) >= 11 is 0. The summed E-state index contributed by atoms with van der Waals surface area (Å²) in [6.07, 6.45) is 5.75. The lowest BCUT2D eigenvalue weighted by Crippen LogP contribution is -2.32. The largest absolute Gasteiger partial charge is 0.465 e. The molecule has 16 heavy (non-hydrogen) atoms. The van der Waals surface area contributed by atoms with E-state index in [0.717, 1.165) is 25.7 Å². The van der Waals surface area contributed by atoms with Gasteiger partial charge in [0, 0.05) is 0 Å². The number of ether oxygens (including phenoxy) is 1. The van der Waals surface area contributed by atoms with Gasteiger partial charge in [-0.25, -0.2) is 0 Å². The highest BCUT2D eigenvalue weighted by Crippen LogP contribution is 2.27. The van der Waals surface area contributed by atoms with E-state index in [0.29, 0.717) is 13.0 Å². The molecule has 1 amide bonds. The first-order chi connectivity index (χ1) is 7.66. The Hall–Kier alpha value is -1.06. The van der Waals surface area contributed by atoms with Crippen molar-refractivity contribution in [3.05, 3.63) is 0 Å². The molecule has 1 aliphatic heterocycles. The van der Waals surface area contributed by atoms with E-state index in [4.69, 9.17) is 10.5 Å². The summed E-state index contributed by atoms with van der Waals surface area (Å²) in [6, 6.07) is 0. The van der Waals surface area contributed by atoms with Crippen molar-refractivity contribution in [1.82, 2.24) is 0 Å². The van der Waals surface area contributed by atoms with Gasteiger partial charge in [-0.15, -0.1) is 0 Å². The number of primary amides is 1. The molecule has 92 valence electrons. The Balaban J connectivity index is 2.41. The Morgan fingerprint density at radius 1 is 1.50 bits per heavy atom. The second kappa shape index (κ2) is 6.51. The first kappa shape index (κ1) is 13.0. The molecule has 0 bridgehead atoms. The van der Waals surface area contributed by atoms with Crippen LogP contribution in [0.1, 0.15) is 45.4 Å². The number of esters is 1. The lowest BCUT2D eigenvalue weighted by Gasteiger charge is -2.16. The van der Waals surface area contributed by atoms with Gasteiger partial charge in [0.1, 0.15) is 0 Å². The summed E-state index contributed by atoms with van der Waals surface area (Å²) < 4.78 is 4.88. The Labute approximate surface area is 96.5 Å². The van der Waals surface area contributed by atoms with E-state index in [1.54, 1.807) is 0 Å². The van der Waals surface area contributed by atoms with Gasteiger partial charge in [0.2, 0.25) is 5.91 Å². The maximum absolute atomic E-state index is 11.4. The molecule has 0 aromatic carbocycles. The molecule has 0 radical (unpaired) electrons. The van der Waals surface area contributed by atoms with E-state index in [2.05, 4.69) is 6.92 Å². The van der Waals surface area contributed by atoms with Gasteiger partial charge in [-0.05, 0) is 12.8 Å². The molecular formula is C12H21NO3. The van der Waals surface area contributed by atoms with Crippen LogP contribution in [0.15, 0.2) is 0 Å². The number of nitrogens with two attached hydrogens (primary N) is 1. The molecule has 4 nitrogen and oxygen atoms in total. The molecule has 0 spiro atoms. The summed E-state index contributed by atoms with van der Waals surface area (Å²) in [5.41, 5.74) is 5.35. The number of amides is 1. The topological polar surface area (TPSA) is 69.4 Å². The van der Waals surface area contributed by atoms with Crippen LogP contribution in [0.4, 0.5) is 0 Å². The van der Waals surface area contributed by atoms with Crippen LogP contribution >= 0.6 is 0 Å². The molecular weight excluding hydrogens is 206 g/mol. The number of carbonyl (C=O) groups is 2. The number of cyclic esters (lactones) is 1. The van der Waals surface area contributed by atoms with Crippen LogP contribution in [0.2, 0.25) is 0 Å². The predicted octanol–water partition coefficient (Wildman–Crippen LogP) is 1.62. The van der Waals surface area contributed by atoms with Gasteiger partial charge in [-0.3, -0.25) is 9.59 Å². The standard InChI is InChI=1S/C12H21NO3/c1-2-3-4-5-6-9(11(13)14)10-7-8-16-12(10)15/h9-10H,2-8H2,1H3,(H2,13,14)/t9?,10-/m0/s1. The summed E-state index contributed by atoms with van der Waals surface area (Å²) in [5.74, 6) is -1.23. The Morgan fingerprint density at radius 3 is 2.75 bits per heavy atom. The van der Waals surface area contributed by atoms with Crippen molar-refractivity contribution in [2.75, 3.05) is 6.61 Å². The van der Waals surface area contributed by atoms with Crippen LogP contribution in [0, 0.1) is 11.8 Å². The van der Waals surface area contributed by atoms with Crippen molar-refractivity contribution in [1.29, 1.82) is 0 Å². The lowest BCUT2D eigenvalue weighted by atomic mass is 9.86. The highest BCUT2D eigenvalue weighted by atomic mass is 16.5. The fourth-order valence-corrected chi connectivity index (χ4v) is 2.21. The van der Waals surface area contributed by atoms with E-state index in [-0.39, 0.29) is 23.7 Å². The fourth-order valence-electron chi connectivity index (χ4n) is 2.21. The van der Waals surface area contributed by atoms with E-state index in [9.17, 15) is 9.59 Å². The van der Waals surface area contributed by atoms with E-state index < -0.39 is 0 Å². The third-order valence-electron chi connectivity index (χ3n) is 3.20. The van der Waals surface area contributed by atoms with E-state index >= 15 is 0 Å². The Bertz CT molecular complexity index is 253. The van der Waals surface area contributed by atoms with Crippen LogP contribution in [0.3, 0.4) is 0 Å². The van der Waals surface area contributed by atoms with Gasteiger partial charge < -0.3 is 10.5 Å². The van der Waals surface area contributed by atoms with Gasteiger partial charge in [-0.2, -0.15) is 0 Å². The normalized spacial score (nSPS) is 21.8. The number of hydrogen-bond donors (Lipinski definition) is 1. The highest BCUT2D eigenvalue weighted by Gasteiger charge is 2.36. The molecule has 0 aromatic rings. The second-order valence-corrected chi connectivity index (χ2v) is 4.42. The van der Waals surface area contributed by atoms with Crippen LogP contribution in [-0.2, 0) is 14.3 Å². The molecule has 1 fully saturated rings. The summed E-state index contributed by atoms with van der Waals surface area (Å²) in [6.45, 7) is 2.57. The van der Waals surface area contributed by atoms with Gasteiger partial charge in [0.15, 0.2) is 0 Å². The van der Waals surface area contributed by atoms with Crippen LogP contribution in [0.25, 0.3) is 0 Å². The number of rotatable bonds is 7. The third-order valence-corrected chi connectivity index (χ3v) is 3.20. The Kier molecular flexibility index (Phi) is 5.29. The molecule has 0 aromatic heterocycles. The third kappa shape index (κ3) is 3.51. The van der Waals surface area contributed by atoms with E-state index in [1.165, 1.54) is 6.42 Å². The number of hydrogen-bond acceptors (Lipinski definition) is 3. The van der Waals surface area contributed by atoms with Crippen molar-refractivity contribution in [2.24, 2.45) is 17.6 Å². The van der Waals surface area contributed by atoms with Crippen LogP contribution < -0.4 is 5.73 Å². The zero-order chi connectivity index (χ0) is 12.0. The van der Waals surface area contributed by atoms with Crippen molar-refractivity contribution >= 4 is 11.9 Å². The average Bonchev–Trinajstić information content (AvgIpc) is 2.64. The van der Waals surface area contributed by atoms with Crippen molar-refractivity contribution < 1.29 is 14.3 Å². The minimum Gasteiger partial charge on any atom is -0.465 e. The molecule has 0 aliphatic carbocycles. The zero-order valence-electron chi connectivity index (χ0n) is 9.91. The predicted molar refractivity (Wildman–Crippen MR) is 60.5 cm³/mol. The molecule has 1 rings (SSSR count). The average molecular weight is 227 g/mol. The molecule has 1 saturated heterocycles. The molecule has 4 heteroatoms. The monoisotopic (exact) mass is 227 g/mol. The van der Waals surface area contributed by atoms with Crippen LogP contribution in [-0.4, -0.2) is 18.5 Å². The molecule has 1 aliphatic rings. The first-order valence-corrected chi connectivity index (χ1v) is 6.12. The van der Waals surface area contributed by atoms with Crippen molar-refractivity contribution in [3.63, 3.8) is 0 Å². The molecule has 2 N–H and O–H groups in total. The van der Waals surface area contributed by atoms with Gasteiger partial charge in [-0.1, -0.05) is 32.6 Å². The van der Waals surface area contributed by atoms with Crippen molar-refractivity contribution in [3.8, 4) is 0 Å². The Morgan fingerprint density at radius 2 is 2.25 bits per heavy atom. The maximum atomic E-state index is 11.4. The summed E-state index contributed by atoms with van der Waals surface area (Å²) in [4.78, 5) is 22.7. The van der Waals surface area contributed by atoms with Gasteiger partial charge in [0.25, 0.3) is 0 Å². The summed E-state index contributed by atoms with van der Waals surface area (Å²) in [5, 5.41) is 0. The minimum absolute atomic E-state index is 0.251. The zero-order valence-corrected chi connectivity index (χ0v) is 9.91. The van der Waals surface area contributed by atoms with Gasteiger partial charge >= 0.3 is 5.97 Å². The fraction of sp³-hybridized carbons (Fsp3) is 0.833. The maximum Gasteiger partial charge on any atom is 0.309 e. The molecule has 1 heterocycles. The SMILES string of the molecule is CCCCCCC(C(N)=O)[C@@H]1CCOC1=O. The second-order valence-electron chi connectivity index (χ2n) is 4.42. The number of unbranched alkanes of at least 4 members (excludes halogenated alkanes) is 3. The number of carbonyl (C=O) groups excluding carboxylic acids is 2. The quantitative estimate of drug-likeness (QED) is 0.530. The molecule has 2 atom stereocenters. The van der Waals surface area contributed by atoms with Gasteiger partial charge in [0.05, 0.1) is 18.4 Å². The lowest BCUT2D eigenvalue weighted by molar-refractivity contribution is -0.145. The minimum atomic E-state index is -0.361. The van der Waals surface area contributed by atoms with E-state index in [1.807, 2.05) is 0 Å². The highest BCUT2D eigenvalue weighted by molar-refractivity contribution is 5.85.